The number of nitrogens with zero attached hydrogens (tertiary/aromatic N) is 1. The maximum atomic E-state index is 12.4. The molecule has 0 aromatic carbocycles. The van der Waals surface area contributed by atoms with Crippen molar-refractivity contribution in [3.8, 4) is 0 Å². The Hall–Kier alpha value is -0.290. The standard InChI is InChI=1S/C13H23F3N2/c14-13(15,16)10-18(12-6-7-12)9-8-17-11-4-2-1-3-5-11/h11-12,17H,1-10H2. The fraction of sp³-hybridized carbons (Fsp3) is 1.00. The molecule has 0 radical (unpaired) electrons. The van der Waals surface area contributed by atoms with Gasteiger partial charge in [0.25, 0.3) is 0 Å². The van der Waals surface area contributed by atoms with Gasteiger partial charge in [0.15, 0.2) is 0 Å². The second kappa shape index (κ2) is 6.24. The second-order valence-electron chi connectivity index (χ2n) is 5.61. The fourth-order valence-corrected chi connectivity index (χ4v) is 2.78. The molecule has 0 aliphatic heterocycles. The summed E-state index contributed by atoms with van der Waals surface area (Å²) < 4.78 is 37.2. The summed E-state index contributed by atoms with van der Waals surface area (Å²) in [6.07, 6.45) is 3.98. The van der Waals surface area contributed by atoms with Crippen LogP contribution in [0.25, 0.3) is 0 Å². The summed E-state index contributed by atoms with van der Waals surface area (Å²) >= 11 is 0. The van der Waals surface area contributed by atoms with Crippen molar-refractivity contribution in [3.05, 3.63) is 0 Å². The maximum Gasteiger partial charge on any atom is 0.401 e. The Labute approximate surface area is 107 Å². The van der Waals surface area contributed by atoms with Crippen LogP contribution in [-0.2, 0) is 0 Å². The van der Waals surface area contributed by atoms with Crippen molar-refractivity contribution < 1.29 is 13.2 Å². The van der Waals surface area contributed by atoms with Gasteiger partial charge in [-0.3, -0.25) is 4.90 Å². The van der Waals surface area contributed by atoms with E-state index >= 15 is 0 Å². The average Bonchev–Trinajstić information content (AvgIpc) is 3.11. The minimum Gasteiger partial charge on any atom is -0.313 e. The zero-order valence-electron chi connectivity index (χ0n) is 10.8. The van der Waals surface area contributed by atoms with Crippen LogP contribution in [0.15, 0.2) is 0 Å². The van der Waals surface area contributed by atoms with E-state index in [1.807, 2.05) is 0 Å². The van der Waals surface area contributed by atoms with Crippen molar-refractivity contribution in [1.29, 1.82) is 0 Å². The minimum atomic E-state index is -4.06. The van der Waals surface area contributed by atoms with Crippen molar-refractivity contribution in [3.63, 3.8) is 0 Å². The lowest BCUT2D eigenvalue weighted by atomic mass is 9.95. The highest BCUT2D eigenvalue weighted by atomic mass is 19.4. The van der Waals surface area contributed by atoms with Gasteiger partial charge in [-0.25, -0.2) is 0 Å². The number of rotatable bonds is 6. The third-order valence-electron chi connectivity index (χ3n) is 3.88. The van der Waals surface area contributed by atoms with E-state index in [2.05, 4.69) is 5.32 Å². The summed E-state index contributed by atoms with van der Waals surface area (Å²) in [6.45, 7) is 0.474. The molecule has 0 aromatic heterocycles. The first kappa shape index (κ1) is 14.1. The Morgan fingerprint density at radius 3 is 2.22 bits per heavy atom. The predicted octanol–water partition coefficient (Wildman–Crippen LogP) is 2.94. The van der Waals surface area contributed by atoms with Gasteiger partial charge in [0, 0.05) is 25.2 Å². The molecule has 5 heteroatoms. The van der Waals surface area contributed by atoms with E-state index in [-0.39, 0.29) is 6.04 Å². The highest BCUT2D eigenvalue weighted by Gasteiger charge is 2.37. The van der Waals surface area contributed by atoms with E-state index in [0.29, 0.717) is 19.1 Å². The van der Waals surface area contributed by atoms with Crippen molar-refractivity contribution in [2.24, 2.45) is 0 Å². The number of hydrogen-bond acceptors (Lipinski definition) is 2. The molecule has 1 N–H and O–H groups in total. The van der Waals surface area contributed by atoms with Gasteiger partial charge in [-0.2, -0.15) is 13.2 Å². The monoisotopic (exact) mass is 264 g/mol. The van der Waals surface area contributed by atoms with Crippen LogP contribution >= 0.6 is 0 Å². The van der Waals surface area contributed by atoms with Crippen LogP contribution in [0, 0.1) is 0 Å². The quantitative estimate of drug-likeness (QED) is 0.793. The molecule has 2 saturated carbocycles. The van der Waals surface area contributed by atoms with Crippen LogP contribution in [0.4, 0.5) is 13.2 Å². The molecule has 0 unspecified atom stereocenters. The zero-order chi connectivity index (χ0) is 13.0. The zero-order valence-corrected chi connectivity index (χ0v) is 10.8. The number of alkyl halides is 3. The number of nitrogens with one attached hydrogen (secondary N) is 1. The summed E-state index contributed by atoms with van der Waals surface area (Å²) in [5.41, 5.74) is 0. The van der Waals surface area contributed by atoms with Gasteiger partial charge >= 0.3 is 6.18 Å². The minimum absolute atomic E-state index is 0.180. The molecule has 0 spiro atoms. The van der Waals surface area contributed by atoms with Crippen LogP contribution < -0.4 is 5.32 Å². The summed E-state index contributed by atoms with van der Waals surface area (Å²) in [6, 6.07) is 0.713. The number of halogens is 3. The van der Waals surface area contributed by atoms with Gasteiger partial charge in [0.2, 0.25) is 0 Å². The Morgan fingerprint density at radius 2 is 1.67 bits per heavy atom. The molecule has 2 aliphatic rings. The van der Waals surface area contributed by atoms with Gasteiger partial charge in [-0.1, -0.05) is 19.3 Å². The van der Waals surface area contributed by atoms with Gasteiger partial charge in [0.05, 0.1) is 6.54 Å². The van der Waals surface area contributed by atoms with E-state index in [1.165, 1.54) is 32.1 Å². The van der Waals surface area contributed by atoms with Crippen LogP contribution in [0.2, 0.25) is 0 Å². The number of hydrogen-bond donors (Lipinski definition) is 1. The third-order valence-corrected chi connectivity index (χ3v) is 3.88. The van der Waals surface area contributed by atoms with Crippen molar-refractivity contribution in [2.45, 2.75) is 63.2 Å². The topological polar surface area (TPSA) is 15.3 Å². The molecule has 0 heterocycles. The summed E-state index contributed by atoms with van der Waals surface area (Å²) in [4.78, 5) is 1.59. The molecule has 0 aromatic rings. The van der Waals surface area contributed by atoms with E-state index in [9.17, 15) is 13.2 Å². The molecule has 2 aliphatic carbocycles. The molecule has 2 fully saturated rings. The Bertz CT molecular complexity index is 245. The first-order chi connectivity index (χ1) is 8.54. The van der Waals surface area contributed by atoms with Gasteiger partial charge < -0.3 is 5.32 Å². The third kappa shape index (κ3) is 5.14. The molecular weight excluding hydrogens is 241 g/mol. The maximum absolute atomic E-state index is 12.4. The molecule has 0 bridgehead atoms. The van der Waals surface area contributed by atoms with Crippen LogP contribution in [0.3, 0.4) is 0 Å². The van der Waals surface area contributed by atoms with Gasteiger partial charge in [-0.05, 0) is 25.7 Å². The smallest absolute Gasteiger partial charge is 0.313 e. The van der Waals surface area contributed by atoms with E-state index in [4.69, 9.17) is 0 Å². The van der Waals surface area contributed by atoms with Crippen LogP contribution in [0.5, 0.6) is 0 Å². The first-order valence-corrected chi connectivity index (χ1v) is 7.09. The lowest BCUT2D eigenvalue weighted by molar-refractivity contribution is -0.147. The van der Waals surface area contributed by atoms with E-state index in [0.717, 1.165) is 12.8 Å². The van der Waals surface area contributed by atoms with Crippen molar-refractivity contribution in [2.75, 3.05) is 19.6 Å². The lowest BCUT2D eigenvalue weighted by Crippen LogP contribution is -2.42. The van der Waals surface area contributed by atoms with E-state index in [1.54, 1.807) is 4.90 Å². The summed E-state index contributed by atoms with van der Waals surface area (Å²) in [5, 5.41) is 3.41. The van der Waals surface area contributed by atoms with Gasteiger partial charge in [-0.15, -0.1) is 0 Å². The molecule has 0 saturated heterocycles. The molecule has 0 amide bonds. The largest absolute Gasteiger partial charge is 0.401 e. The SMILES string of the molecule is FC(F)(F)CN(CCNC1CCCCC1)C1CC1. The molecule has 0 atom stereocenters. The molecule has 2 rings (SSSR count). The van der Waals surface area contributed by atoms with Gasteiger partial charge in [0.1, 0.15) is 0 Å². The van der Waals surface area contributed by atoms with Crippen LogP contribution in [0.1, 0.15) is 44.9 Å². The highest BCUT2D eigenvalue weighted by molar-refractivity contribution is 4.86. The Kier molecular flexibility index (Phi) is 4.90. The summed E-state index contributed by atoms with van der Waals surface area (Å²) in [5.74, 6) is 0. The van der Waals surface area contributed by atoms with Crippen molar-refractivity contribution in [1.82, 2.24) is 10.2 Å². The molecular formula is C13H23F3N2. The first-order valence-electron chi connectivity index (χ1n) is 7.09. The predicted molar refractivity (Wildman–Crippen MR) is 65.5 cm³/mol. The Balaban J connectivity index is 1.65. The summed E-state index contributed by atoms with van der Waals surface area (Å²) in [7, 11) is 0. The average molecular weight is 264 g/mol. The van der Waals surface area contributed by atoms with E-state index < -0.39 is 12.7 Å². The normalized spacial score (nSPS) is 22.7. The lowest BCUT2D eigenvalue weighted by Gasteiger charge is -2.27. The fourth-order valence-electron chi connectivity index (χ4n) is 2.78. The molecule has 106 valence electrons. The van der Waals surface area contributed by atoms with Crippen LogP contribution in [-0.4, -0.2) is 42.8 Å². The highest BCUT2D eigenvalue weighted by Crippen LogP contribution is 2.29. The Morgan fingerprint density at radius 1 is 1.00 bits per heavy atom. The second-order valence-corrected chi connectivity index (χ2v) is 5.61. The van der Waals surface area contributed by atoms with Crippen molar-refractivity contribution >= 4 is 0 Å². The molecule has 18 heavy (non-hydrogen) atoms. The molecule has 2 nitrogen and oxygen atoms in total.